The second kappa shape index (κ2) is 24.3. The second-order valence-corrected chi connectivity index (χ2v) is 23.9. The summed E-state index contributed by atoms with van der Waals surface area (Å²) in [6.07, 6.45) is -49.8. The molecule has 0 aliphatic rings. The smallest absolute Gasteiger partial charge is 0.307 e. The van der Waals surface area contributed by atoms with Crippen LogP contribution in [0.2, 0.25) is 0 Å². The molecule has 30 heteroatoms. The summed E-state index contributed by atoms with van der Waals surface area (Å²) in [5.74, 6) is 0. The summed E-state index contributed by atoms with van der Waals surface area (Å²) in [5, 5.41) is -0.893. The molecule has 3 heterocycles. The van der Waals surface area contributed by atoms with Crippen molar-refractivity contribution in [3.05, 3.63) is 256 Å². The first-order valence-electron chi connectivity index (χ1n) is 29.8. The van der Waals surface area contributed by atoms with Crippen LogP contribution in [-0.4, -0.2) is 14.1 Å². The second-order valence-electron chi connectivity index (χ2n) is 23.9. The molecule has 534 valence electrons. The van der Waals surface area contributed by atoms with Gasteiger partial charge in [0.2, 0.25) is 0 Å². The van der Waals surface area contributed by atoms with Gasteiger partial charge in [-0.3, -0.25) is 0 Å². The fourth-order valence-corrected chi connectivity index (χ4v) is 12.5. The summed E-state index contributed by atoms with van der Waals surface area (Å²) in [6, 6.07) is 24.9. The van der Waals surface area contributed by atoms with Gasteiger partial charge in [-0.25, -0.2) is 4.98 Å². The number of benzene rings is 10. The molecular weight excluding hydrogens is 1440 g/mol. The Bertz CT molecular complexity index is 5200. The molecule has 0 aliphatic heterocycles. The van der Waals surface area contributed by atoms with Crippen LogP contribution in [0.1, 0.15) is 50.1 Å². The highest BCUT2D eigenvalue weighted by molar-refractivity contribution is 6.14. The fraction of sp³-hybridized carbons (Fsp3) is 0.122. The molecule has 0 aliphatic carbocycles. The summed E-state index contributed by atoms with van der Waals surface area (Å²) < 4.78 is 403. The summed E-state index contributed by atoms with van der Waals surface area (Å²) in [6.45, 7) is 0. The number of hydrogen-bond acceptors (Lipinski definition) is 1. The molecule has 0 saturated carbocycles. The van der Waals surface area contributed by atoms with E-state index in [9.17, 15) is 105 Å². The van der Waals surface area contributed by atoms with Crippen LogP contribution in [0.25, 0.3) is 122 Å². The Morgan fingerprint density at radius 1 is 0.202 bits per heavy atom. The van der Waals surface area contributed by atoms with E-state index in [0.717, 1.165) is 94.1 Å². The van der Waals surface area contributed by atoms with Crippen LogP contribution in [-0.2, 0) is 55.6 Å². The van der Waals surface area contributed by atoms with Gasteiger partial charge in [-0.05, 0) is 166 Å². The third-order valence-electron chi connectivity index (χ3n) is 17.2. The number of fused-ring (bicyclic) bond motifs is 6. The van der Waals surface area contributed by atoms with E-state index < -0.39 is 195 Å². The number of pyridine rings is 1. The van der Waals surface area contributed by atoms with Crippen LogP contribution < -0.4 is 0 Å². The molecule has 10 aromatic carbocycles. The molecule has 0 fully saturated rings. The minimum absolute atomic E-state index is 0.0272. The molecular formula is C74H34F27N3. The zero-order valence-corrected chi connectivity index (χ0v) is 51.2. The summed E-state index contributed by atoms with van der Waals surface area (Å²) in [5.41, 5.74) is -27.8. The van der Waals surface area contributed by atoms with E-state index in [1.807, 2.05) is 0 Å². The Kier molecular flexibility index (Phi) is 16.7. The van der Waals surface area contributed by atoms with Gasteiger partial charge in [-0.1, -0.05) is 84.9 Å². The van der Waals surface area contributed by atoms with Gasteiger partial charge in [0.1, 0.15) is 0 Å². The summed E-state index contributed by atoms with van der Waals surface area (Å²) >= 11 is 0. The monoisotopic (exact) mass is 1480 g/mol. The first-order chi connectivity index (χ1) is 48.2. The van der Waals surface area contributed by atoms with Gasteiger partial charge in [0.15, 0.2) is 0 Å². The molecule has 0 radical (unpaired) electrons. The quantitative estimate of drug-likeness (QED) is 0.139. The number of hydrogen-bond donors (Lipinski definition) is 0. The number of aromatic nitrogens is 3. The topological polar surface area (TPSA) is 22.8 Å². The molecule has 13 aromatic rings. The van der Waals surface area contributed by atoms with Crippen molar-refractivity contribution in [2.45, 2.75) is 55.6 Å². The van der Waals surface area contributed by atoms with Gasteiger partial charge in [0, 0.05) is 32.7 Å². The molecule has 0 unspecified atom stereocenters. The van der Waals surface area contributed by atoms with E-state index in [4.69, 9.17) is 0 Å². The maximum Gasteiger partial charge on any atom is 0.417 e. The lowest BCUT2D eigenvalue weighted by atomic mass is 9.97. The lowest BCUT2D eigenvalue weighted by Crippen LogP contribution is -2.13. The highest BCUT2D eigenvalue weighted by Gasteiger charge is 2.43. The van der Waals surface area contributed by atoms with Crippen molar-refractivity contribution in [2.24, 2.45) is 0 Å². The molecule has 0 N–H and O–H groups in total. The van der Waals surface area contributed by atoms with E-state index in [2.05, 4.69) is 4.98 Å². The van der Waals surface area contributed by atoms with Crippen LogP contribution >= 0.6 is 0 Å². The van der Waals surface area contributed by atoms with Gasteiger partial charge in [-0.15, -0.1) is 0 Å². The highest BCUT2D eigenvalue weighted by atomic mass is 19.4. The van der Waals surface area contributed by atoms with Gasteiger partial charge in [0.25, 0.3) is 0 Å². The Balaban J connectivity index is 1.25. The third-order valence-corrected chi connectivity index (χ3v) is 17.2. The molecule has 0 bridgehead atoms. The Labute approximate surface area is 564 Å². The summed E-state index contributed by atoms with van der Waals surface area (Å²) in [4.78, 5) is 4.53. The molecule has 0 amide bonds. The van der Waals surface area contributed by atoms with E-state index in [1.54, 1.807) is 6.07 Å². The zero-order valence-electron chi connectivity index (χ0n) is 51.2. The first kappa shape index (κ1) is 71.5. The Morgan fingerprint density at radius 2 is 0.462 bits per heavy atom. The lowest BCUT2D eigenvalue weighted by Gasteiger charge is -2.23. The number of nitrogens with zero attached hydrogens (tertiary/aromatic N) is 3. The average Bonchev–Trinajstić information content (AvgIpc) is 1.54. The summed E-state index contributed by atoms with van der Waals surface area (Å²) in [7, 11) is 0. The first-order valence-corrected chi connectivity index (χ1v) is 29.8. The molecule has 13 rings (SSSR count). The van der Waals surface area contributed by atoms with Crippen LogP contribution in [0.15, 0.2) is 206 Å². The fourth-order valence-electron chi connectivity index (χ4n) is 12.5. The average molecular weight is 1480 g/mol. The van der Waals surface area contributed by atoms with Crippen LogP contribution in [0.3, 0.4) is 0 Å². The normalized spacial score (nSPS) is 13.3. The molecule has 0 saturated heterocycles. The zero-order chi connectivity index (χ0) is 75.3. The molecule has 3 aromatic heterocycles. The maximum absolute atomic E-state index is 16.7. The van der Waals surface area contributed by atoms with Crippen molar-refractivity contribution >= 4 is 43.6 Å². The number of rotatable bonds is 8. The van der Waals surface area contributed by atoms with Crippen LogP contribution in [0.5, 0.6) is 0 Å². The van der Waals surface area contributed by atoms with Crippen molar-refractivity contribution in [1.29, 1.82) is 0 Å². The molecule has 0 spiro atoms. The van der Waals surface area contributed by atoms with Crippen molar-refractivity contribution in [3.8, 4) is 78.4 Å². The number of halogens is 27. The standard InChI is InChI=1S/C74H34F27N3/c75-66(76,77)44-17-40(18-45(29-44)67(78,79)80)36-9-13-52-53-14-10-37(41-19-46(68(81,82)83)30-47(20-41)69(84,85)86)26-61(53)103(60(52)25-36)64-33-56(59-8-4-7-58(102-59)35-5-2-1-3-6-35)57(74(99,100)101)34-65(64)104-62-27-38(42-21-48(70(87,88)89)31-49(22-42)71(90,91)92)11-15-54(62)55-16-12-39(28-63(55)104)43-23-50(72(93,94)95)32-51(24-43)73(96,97)98/h1-34H. The van der Waals surface area contributed by atoms with E-state index >= 15 is 13.2 Å². The van der Waals surface area contributed by atoms with Crippen LogP contribution in [0, 0.1) is 0 Å². The minimum Gasteiger partial charge on any atom is -0.307 e. The molecule has 104 heavy (non-hydrogen) atoms. The van der Waals surface area contributed by atoms with Gasteiger partial charge in [0.05, 0.1) is 94.9 Å². The van der Waals surface area contributed by atoms with Crippen molar-refractivity contribution < 1.29 is 119 Å². The van der Waals surface area contributed by atoms with Crippen molar-refractivity contribution in [2.75, 3.05) is 0 Å². The SMILES string of the molecule is FC(F)(F)c1cc(-c2ccc3c4ccc(-c5cc(C(F)(F)F)cc(C(F)(F)F)c5)cc4n(-c4cc(-c5cccc(-c6ccccc6)n5)c(C(F)(F)F)cc4-n4c5cc(-c6cc(C(F)(F)F)cc(C(F)(F)F)c6)ccc5c5ccc(-c6cc(C(F)(F)F)cc(C(F)(F)F)c6)cc54)c3c2)cc(C(F)(F)F)c1. The minimum atomic E-state index is -5.65. The predicted octanol–water partition coefficient (Wildman–Crippen LogP) is 26.4. The van der Waals surface area contributed by atoms with Gasteiger partial charge in [-0.2, -0.15) is 119 Å². The highest BCUT2D eigenvalue weighted by Crippen LogP contribution is 2.51. The van der Waals surface area contributed by atoms with Gasteiger partial charge >= 0.3 is 55.6 Å². The largest absolute Gasteiger partial charge is 0.417 e. The third kappa shape index (κ3) is 13.6. The number of alkyl halides is 27. The maximum atomic E-state index is 16.7. The predicted molar refractivity (Wildman–Crippen MR) is 331 cm³/mol. The van der Waals surface area contributed by atoms with E-state index in [0.29, 0.717) is 6.07 Å². The van der Waals surface area contributed by atoms with Gasteiger partial charge < -0.3 is 9.13 Å². The molecule has 0 atom stereocenters. The Hall–Kier alpha value is -10.9. The molecule has 3 nitrogen and oxygen atoms in total. The van der Waals surface area contributed by atoms with Crippen molar-refractivity contribution in [1.82, 2.24) is 14.1 Å². The lowest BCUT2D eigenvalue weighted by molar-refractivity contribution is -0.144. The van der Waals surface area contributed by atoms with E-state index in [-0.39, 0.29) is 106 Å². The Morgan fingerprint density at radius 3 is 0.721 bits per heavy atom. The van der Waals surface area contributed by atoms with E-state index in [1.165, 1.54) is 36.4 Å². The van der Waals surface area contributed by atoms with Crippen molar-refractivity contribution in [3.63, 3.8) is 0 Å². The van der Waals surface area contributed by atoms with Crippen LogP contribution in [0.4, 0.5) is 119 Å².